The monoisotopic (exact) mass is 286 g/mol. The zero-order valence-corrected chi connectivity index (χ0v) is 13.3. The molecule has 0 fully saturated rings. The Bertz CT molecular complexity index is 556. The summed E-state index contributed by atoms with van der Waals surface area (Å²) in [4.78, 5) is 2.36. The van der Waals surface area contributed by atoms with Crippen LogP contribution in [-0.2, 0) is 4.74 Å². The number of rotatable bonds is 8. The number of ether oxygens (including phenoxy) is 1. The molecule has 0 saturated carbocycles. The third-order valence-corrected chi connectivity index (χ3v) is 3.91. The van der Waals surface area contributed by atoms with Gasteiger partial charge >= 0.3 is 0 Å². The van der Waals surface area contributed by atoms with Gasteiger partial charge in [-0.15, -0.1) is 0 Å². The Morgan fingerprint density at radius 1 is 1.14 bits per heavy atom. The Morgan fingerprint density at radius 3 is 2.62 bits per heavy atom. The number of nitrogens with one attached hydrogen (secondary N) is 1. The molecule has 1 N–H and O–H groups in total. The van der Waals surface area contributed by atoms with Gasteiger partial charge in [-0.1, -0.05) is 36.4 Å². The number of likely N-dealkylation sites (N-methyl/N-ethyl adjacent to an activating group) is 2. The Labute approximate surface area is 127 Å². The maximum Gasteiger partial charge on any atom is 0.0474 e. The first-order valence-corrected chi connectivity index (χ1v) is 7.58. The van der Waals surface area contributed by atoms with Gasteiger partial charge in [0.1, 0.15) is 0 Å². The lowest BCUT2D eigenvalue weighted by molar-refractivity contribution is 0.176. The van der Waals surface area contributed by atoms with Gasteiger partial charge in [-0.25, -0.2) is 0 Å². The maximum absolute atomic E-state index is 5.11. The van der Waals surface area contributed by atoms with Gasteiger partial charge in [-0.05, 0) is 42.9 Å². The molecule has 3 heteroatoms. The van der Waals surface area contributed by atoms with E-state index in [1.54, 1.807) is 7.11 Å². The van der Waals surface area contributed by atoms with Crippen molar-refractivity contribution < 1.29 is 4.74 Å². The van der Waals surface area contributed by atoms with Gasteiger partial charge in [0.25, 0.3) is 0 Å². The standard InChI is InChI=1S/C18H26N2O/c1-19-18(14-20(2)11-6-12-21-3)17-10-9-15-7-4-5-8-16(15)13-17/h4-5,7-10,13,18-19H,6,11-12,14H2,1-3H3. The highest BCUT2D eigenvalue weighted by atomic mass is 16.5. The van der Waals surface area contributed by atoms with E-state index < -0.39 is 0 Å². The summed E-state index contributed by atoms with van der Waals surface area (Å²) in [6, 6.07) is 15.6. The van der Waals surface area contributed by atoms with Crippen LogP contribution < -0.4 is 5.32 Å². The molecule has 1 unspecified atom stereocenters. The molecular weight excluding hydrogens is 260 g/mol. The first kappa shape index (κ1) is 16.0. The van der Waals surface area contributed by atoms with Crippen LogP contribution in [0.2, 0.25) is 0 Å². The molecule has 0 saturated heterocycles. The lowest BCUT2D eigenvalue weighted by Crippen LogP contribution is -2.32. The minimum atomic E-state index is 0.349. The van der Waals surface area contributed by atoms with Crippen molar-refractivity contribution in [3.63, 3.8) is 0 Å². The van der Waals surface area contributed by atoms with Gasteiger partial charge in [0.05, 0.1) is 0 Å². The van der Waals surface area contributed by atoms with Gasteiger partial charge in [-0.3, -0.25) is 0 Å². The minimum Gasteiger partial charge on any atom is -0.385 e. The summed E-state index contributed by atoms with van der Waals surface area (Å²) in [6.45, 7) is 2.88. The molecule has 0 aliphatic carbocycles. The van der Waals surface area contributed by atoms with E-state index in [1.807, 2.05) is 7.05 Å². The van der Waals surface area contributed by atoms with Crippen LogP contribution in [0.1, 0.15) is 18.0 Å². The van der Waals surface area contributed by atoms with E-state index in [4.69, 9.17) is 4.74 Å². The van der Waals surface area contributed by atoms with E-state index in [2.05, 4.69) is 59.7 Å². The first-order valence-electron chi connectivity index (χ1n) is 7.58. The predicted molar refractivity (Wildman–Crippen MR) is 89.7 cm³/mol. The van der Waals surface area contributed by atoms with Crippen LogP contribution >= 0.6 is 0 Å². The molecule has 0 heterocycles. The van der Waals surface area contributed by atoms with Gasteiger partial charge in [-0.2, -0.15) is 0 Å². The van der Waals surface area contributed by atoms with E-state index >= 15 is 0 Å². The van der Waals surface area contributed by atoms with Crippen molar-refractivity contribution in [1.82, 2.24) is 10.2 Å². The molecule has 0 radical (unpaired) electrons. The molecule has 0 bridgehead atoms. The summed E-state index contributed by atoms with van der Waals surface area (Å²) >= 11 is 0. The fourth-order valence-electron chi connectivity index (χ4n) is 2.67. The lowest BCUT2D eigenvalue weighted by atomic mass is 10.0. The number of hydrogen-bond donors (Lipinski definition) is 1. The van der Waals surface area contributed by atoms with Gasteiger partial charge in [0.15, 0.2) is 0 Å². The quantitative estimate of drug-likeness (QED) is 0.755. The number of nitrogens with zero attached hydrogens (tertiary/aromatic N) is 1. The van der Waals surface area contributed by atoms with Crippen LogP contribution in [0, 0.1) is 0 Å². The number of hydrogen-bond acceptors (Lipinski definition) is 3. The summed E-state index contributed by atoms with van der Waals surface area (Å²) in [5.74, 6) is 0. The average molecular weight is 286 g/mol. The lowest BCUT2D eigenvalue weighted by Gasteiger charge is -2.24. The Hall–Kier alpha value is -1.42. The summed E-state index contributed by atoms with van der Waals surface area (Å²) in [7, 11) is 5.95. The van der Waals surface area contributed by atoms with Crippen molar-refractivity contribution in [1.29, 1.82) is 0 Å². The second-order valence-electron chi connectivity index (χ2n) is 5.56. The number of methoxy groups -OCH3 is 1. The number of fused-ring (bicyclic) bond motifs is 1. The molecule has 114 valence electrons. The van der Waals surface area contributed by atoms with Crippen LogP contribution in [-0.4, -0.2) is 45.8 Å². The van der Waals surface area contributed by atoms with E-state index in [-0.39, 0.29) is 0 Å². The third-order valence-electron chi connectivity index (χ3n) is 3.91. The van der Waals surface area contributed by atoms with Crippen molar-refractivity contribution in [3.8, 4) is 0 Å². The minimum absolute atomic E-state index is 0.349. The van der Waals surface area contributed by atoms with Crippen molar-refractivity contribution in [3.05, 3.63) is 48.0 Å². The van der Waals surface area contributed by atoms with Crippen LogP contribution in [0.25, 0.3) is 10.8 Å². The Balaban J connectivity index is 2.04. The second kappa shape index (κ2) is 8.13. The Morgan fingerprint density at radius 2 is 1.90 bits per heavy atom. The maximum atomic E-state index is 5.11. The van der Waals surface area contributed by atoms with E-state index in [0.717, 1.165) is 26.1 Å². The zero-order chi connectivity index (χ0) is 15.1. The molecule has 3 nitrogen and oxygen atoms in total. The molecule has 0 aliphatic heterocycles. The van der Waals surface area contributed by atoms with Crippen molar-refractivity contribution in [2.24, 2.45) is 0 Å². The largest absolute Gasteiger partial charge is 0.385 e. The van der Waals surface area contributed by atoms with Crippen molar-refractivity contribution in [2.45, 2.75) is 12.5 Å². The summed E-state index contributed by atoms with van der Waals surface area (Å²) < 4.78 is 5.11. The molecule has 2 aromatic rings. The van der Waals surface area contributed by atoms with E-state index in [9.17, 15) is 0 Å². The van der Waals surface area contributed by atoms with Crippen LogP contribution in [0.4, 0.5) is 0 Å². The normalized spacial score (nSPS) is 13.0. The van der Waals surface area contributed by atoms with Crippen molar-refractivity contribution in [2.75, 3.05) is 40.9 Å². The molecule has 2 aromatic carbocycles. The molecule has 0 aliphatic rings. The van der Waals surface area contributed by atoms with E-state index in [0.29, 0.717) is 6.04 Å². The van der Waals surface area contributed by atoms with Crippen LogP contribution in [0.15, 0.2) is 42.5 Å². The van der Waals surface area contributed by atoms with Gasteiger partial charge in [0, 0.05) is 32.8 Å². The molecule has 0 spiro atoms. The highest BCUT2D eigenvalue weighted by Gasteiger charge is 2.12. The topological polar surface area (TPSA) is 24.5 Å². The molecular formula is C18H26N2O. The zero-order valence-electron chi connectivity index (χ0n) is 13.3. The number of benzene rings is 2. The third kappa shape index (κ3) is 4.53. The molecule has 0 aromatic heterocycles. The highest BCUT2D eigenvalue weighted by Crippen LogP contribution is 2.20. The molecule has 0 amide bonds. The smallest absolute Gasteiger partial charge is 0.0474 e. The van der Waals surface area contributed by atoms with Crippen LogP contribution in [0.5, 0.6) is 0 Å². The van der Waals surface area contributed by atoms with Gasteiger partial charge < -0.3 is 15.0 Å². The average Bonchev–Trinajstić information content (AvgIpc) is 2.52. The first-order chi connectivity index (χ1) is 10.2. The van der Waals surface area contributed by atoms with Gasteiger partial charge in [0.2, 0.25) is 0 Å². The summed E-state index contributed by atoms with van der Waals surface area (Å²) in [6.07, 6.45) is 1.07. The summed E-state index contributed by atoms with van der Waals surface area (Å²) in [5.41, 5.74) is 1.34. The predicted octanol–water partition coefficient (Wildman–Crippen LogP) is 3.07. The Kier molecular flexibility index (Phi) is 6.18. The second-order valence-corrected chi connectivity index (χ2v) is 5.56. The highest BCUT2D eigenvalue weighted by molar-refractivity contribution is 5.83. The summed E-state index contributed by atoms with van der Waals surface area (Å²) in [5, 5.41) is 6.03. The van der Waals surface area contributed by atoms with Crippen molar-refractivity contribution >= 4 is 10.8 Å². The van der Waals surface area contributed by atoms with E-state index in [1.165, 1.54) is 16.3 Å². The molecule has 2 rings (SSSR count). The SMILES string of the molecule is CNC(CN(C)CCCOC)c1ccc2ccccc2c1. The molecule has 21 heavy (non-hydrogen) atoms. The fourth-order valence-corrected chi connectivity index (χ4v) is 2.67. The fraction of sp³-hybridized carbons (Fsp3) is 0.444. The molecule has 1 atom stereocenters. The van der Waals surface area contributed by atoms with Crippen LogP contribution in [0.3, 0.4) is 0 Å².